The Bertz CT molecular complexity index is 1440. The molecule has 0 bridgehead atoms. The molecule has 0 radical (unpaired) electrons. The Morgan fingerprint density at radius 2 is 1.82 bits per heavy atom. The first-order valence-electron chi connectivity index (χ1n) is 12.1. The van der Waals surface area contributed by atoms with Gasteiger partial charge in [-0.15, -0.1) is 0 Å². The van der Waals surface area contributed by atoms with Crippen LogP contribution in [-0.4, -0.2) is 52.5 Å². The number of aromatic nitrogens is 4. The van der Waals surface area contributed by atoms with Gasteiger partial charge in [-0.25, -0.2) is 14.4 Å². The lowest BCUT2D eigenvalue weighted by Gasteiger charge is -2.37. The Labute approximate surface area is 218 Å². The van der Waals surface area contributed by atoms with Gasteiger partial charge in [0.25, 0.3) is 0 Å². The third-order valence-electron chi connectivity index (χ3n) is 6.53. The van der Waals surface area contributed by atoms with Gasteiger partial charge < -0.3 is 38.0 Å². The van der Waals surface area contributed by atoms with E-state index in [1.165, 1.54) is 24.4 Å². The summed E-state index contributed by atoms with van der Waals surface area (Å²) in [5.41, 5.74) is 2.91. The van der Waals surface area contributed by atoms with Crippen molar-refractivity contribution in [1.82, 2.24) is 19.5 Å². The smallest absolute Gasteiger partial charge is 0.228 e. The largest absolute Gasteiger partial charge is 0.790 e. The molecule has 1 aliphatic rings. The van der Waals surface area contributed by atoms with E-state index in [1.54, 1.807) is 12.1 Å². The summed E-state index contributed by atoms with van der Waals surface area (Å²) in [6, 6.07) is 16.1. The van der Waals surface area contributed by atoms with Crippen LogP contribution in [0.3, 0.4) is 0 Å². The monoisotopic (exact) mass is 540 g/mol. The molecule has 0 aliphatic carbocycles. The fourth-order valence-electron chi connectivity index (χ4n) is 4.58. The maximum Gasteiger partial charge on any atom is 0.228 e. The van der Waals surface area contributed by atoms with Crippen molar-refractivity contribution in [2.45, 2.75) is 25.4 Å². The predicted octanol–water partition coefficient (Wildman–Crippen LogP) is 2.30. The maximum atomic E-state index is 13.4. The standard InChI is InChI=1S/C25H28FN6O5P/c1-30(24-27-13-10-23(29-24)36-17-37-38(33,34)35)20-11-14-31(15-12-20)25-28-21-4-2-3-5-22(21)32(25)16-18-6-8-19(26)9-7-18/h2-10,13,20H,11-12,14-17H2,1H3,(H2,33,34,35)/p-2. The minimum atomic E-state index is -5.13. The number of piperidine rings is 1. The van der Waals surface area contributed by atoms with E-state index in [4.69, 9.17) is 9.72 Å². The molecule has 0 spiro atoms. The number of nitrogens with zero attached hydrogens (tertiary/aromatic N) is 6. The second-order valence-corrected chi connectivity index (χ2v) is 10.1. The van der Waals surface area contributed by atoms with Crippen LogP contribution in [0, 0.1) is 5.82 Å². The fourth-order valence-corrected chi connectivity index (χ4v) is 4.76. The van der Waals surface area contributed by atoms with Crippen LogP contribution in [0.15, 0.2) is 60.8 Å². The first-order chi connectivity index (χ1) is 18.3. The second-order valence-electron chi connectivity index (χ2n) is 8.98. The van der Waals surface area contributed by atoms with Crippen molar-refractivity contribution >= 4 is 30.8 Å². The normalized spacial score (nSPS) is 14.7. The lowest BCUT2D eigenvalue weighted by molar-refractivity contribution is -0.344. The highest BCUT2D eigenvalue weighted by Gasteiger charge is 2.27. The van der Waals surface area contributed by atoms with Crippen LogP contribution in [0.25, 0.3) is 11.0 Å². The number of para-hydroxylation sites is 2. The Hall–Kier alpha value is -3.57. The third kappa shape index (κ3) is 6.11. The van der Waals surface area contributed by atoms with Gasteiger partial charge in [-0.1, -0.05) is 24.3 Å². The summed E-state index contributed by atoms with van der Waals surface area (Å²) in [6.07, 6.45) is 3.14. The number of benzene rings is 2. The van der Waals surface area contributed by atoms with E-state index >= 15 is 0 Å². The van der Waals surface area contributed by atoms with Crippen LogP contribution in [-0.2, 0) is 15.6 Å². The van der Waals surface area contributed by atoms with E-state index in [2.05, 4.69) is 24.0 Å². The molecule has 0 unspecified atom stereocenters. The SMILES string of the molecule is CN(c1nccc(OCOP(=O)([O-])[O-])n1)C1CCN(c2nc3ccccc3n2Cc2ccc(F)cc2)CC1. The summed E-state index contributed by atoms with van der Waals surface area (Å²) in [5.74, 6) is 1.12. The number of hydrogen-bond acceptors (Lipinski definition) is 10. The molecule has 4 aromatic rings. The molecule has 13 heteroatoms. The zero-order valence-electron chi connectivity index (χ0n) is 20.6. The average Bonchev–Trinajstić information content (AvgIpc) is 3.27. The van der Waals surface area contributed by atoms with E-state index in [1.807, 2.05) is 36.2 Å². The molecule has 1 fully saturated rings. The second kappa shape index (κ2) is 11.0. The van der Waals surface area contributed by atoms with Crippen molar-refractivity contribution in [1.29, 1.82) is 0 Å². The quantitative estimate of drug-likeness (QED) is 0.230. The zero-order chi connectivity index (χ0) is 26.7. The number of phosphoric acid groups is 1. The summed E-state index contributed by atoms with van der Waals surface area (Å²) in [7, 11) is -3.24. The number of ether oxygens (including phenoxy) is 1. The molecule has 2 aromatic carbocycles. The number of phosphoric ester groups is 1. The first kappa shape index (κ1) is 26.1. The van der Waals surface area contributed by atoms with Gasteiger partial charge in [0.15, 0.2) is 6.79 Å². The molecule has 2 aromatic heterocycles. The van der Waals surface area contributed by atoms with Crippen LogP contribution in [0.1, 0.15) is 18.4 Å². The molecular formula is C25H26FN6O5P-2. The van der Waals surface area contributed by atoms with Crippen molar-refractivity contribution in [2.24, 2.45) is 0 Å². The maximum absolute atomic E-state index is 13.4. The van der Waals surface area contributed by atoms with E-state index < -0.39 is 14.6 Å². The molecule has 0 atom stereocenters. The molecule has 3 heterocycles. The lowest BCUT2D eigenvalue weighted by Crippen LogP contribution is -2.44. The van der Waals surface area contributed by atoms with Gasteiger partial charge in [0.1, 0.15) is 5.82 Å². The van der Waals surface area contributed by atoms with Gasteiger partial charge in [-0.05, 0) is 42.7 Å². The highest BCUT2D eigenvalue weighted by atomic mass is 31.2. The van der Waals surface area contributed by atoms with Crippen LogP contribution >= 0.6 is 7.82 Å². The van der Waals surface area contributed by atoms with Gasteiger partial charge in [0, 0.05) is 38.4 Å². The van der Waals surface area contributed by atoms with Crippen LogP contribution in [0.2, 0.25) is 0 Å². The van der Waals surface area contributed by atoms with E-state index in [0.29, 0.717) is 12.5 Å². The Morgan fingerprint density at radius 1 is 1.08 bits per heavy atom. The molecule has 1 saturated heterocycles. The van der Waals surface area contributed by atoms with Gasteiger partial charge in [-0.2, -0.15) is 4.98 Å². The number of hydrogen-bond donors (Lipinski definition) is 0. The molecule has 200 valence electrons. The van der Waals surface area contributed by atoms with E-state index in [9.17, 15) is 18.7 Å². The predicted molar refractivity (Wildman–Crippen MR) is 135 cm³/mol. The molecule has 5 rings (SSSR count). The van der Waals surface area contributed by atoms with Gasteiger partial charge in [0.2, 0.25) is 17.8 Å². The zero-order valence-corrected chi connectivity index (χ0v) is 21.5. The molecule has 0 amide bonds. The van der Waals surface area contributed by atoms with Crippen molar-refractivity contribution in [2.75, 3.05) is 36.7 Å². The molecule has 0 saturated carbocycles. The Balaban J connectivity index is 1.27. The summed E-state index contributed by atoms with van der Waals surface area (Å²) in [6.45, 7) is 1.35. The Morgan fingerprint density at radius 3 is 2.55 bits per heavy atom. The summed E-state index contributed by atoms with van der Waals surface area (Å²) < 4.78 is 35.4. The summed E-state index contributed by atoms with van der Waals surface area (Å²) in [4.78, 5) is 39.0. The van der Waals surface area contributed by atoms with E-state index in [-0.39, 0.29) is 17.7 Å². The molecule has 0 N–H and O–H groups in total. The van der Waals surface area contributed by atoms with Crippen LogP contribution in [0.5, 0.6) is 5.88 Å². The summed E-state index contributed by atoms with van der Waals surface area (Å²) in [5, 5.41) is 0. The third-order valence-corrected chi connectivity index (χ3v) is 6.96. The number of halogens is 1. The fraction of sp³-hybridized carbons (Fsp3) is 0.320. The van der Waals surface area contributed by atoms with Crippen molar-refractivity contribution in [3.05, 3.63) is 72.2 Å². The molecule has 11 nitrogen and oxygen atoms in total. The summed E-state index contributed by atoms with van der Waals surface area (Å²) >= 11 is 0. The average molecular weight is 540 g/mol. The molecule has 1 aliphatic heterocycles. The van der Waals surface area contributed by atoms with Gasteiger partial charge in [-0.3, -0.25) is 0 Å². The van der Waals surface area contributed by atoms with Crippen molar-refractivity contribution in [3.63, 3.8) is 0 Å². The highest BCUT2D eigenvalue weighted by molar-refractivity contribution is 7.43. The number of anilines is 2. The minimum Gasteiger partial charge on any atom is -0.790 e. The van der Waals surface area contributed by atoms with Crippen LogP contribution in [0.4, 0.5) is 16.3 Å². The molecular weight excluding hydrogens is 514 g/mol. The van der Waals surface area contributed by atoms with Crippen molar-refractivity contribution < 1.29 is 28.0 Å². The number of rotatable bonds is 9. The number of fused-ring (bicyclic) bond motifs is 1. The first-order valence-corrected chi connectivity index (χ1v) is 13.5. The molecule has 38 heavy (non-hydrogen) atoms. The Kier molecular flexibility index (Phi) is 7.57. The highest BCUT2D eigenvalue weighted by Crippen LogP contribution is 2.29. The van der Waals surface area contributed by atoms with E-state index in [0.717, 1.165) is 48.5 Å². The van der Waals surface area contributed by atoms with Crippen molar-refractivity contribution in [3.8, 4) is 5.88 Å². The number of imidazole rings is 1. The van der Waals surface area contributed by atoms with Crippen LogP contribution < -0.4 is 24.3 Å². The van der Waals surface area contributed by atoms with Gasteiger partial charge >= 0.3 is 0 Å². The van der Waals surface area contributed by atoms with Gasteiger partial charge in [0.05, 0.1) is 25.4 Å². The minimum absolute atomic E-state index is 0.0993. The lowest BCUT2D eigenvalue weighted by atomic mass is 10.0. The topological polar surface area (TPSA) is 132 Å².